The normalized spacial score (nSPS) is 18.9. The molecule has 1 saturated heterocycles. The number of esters is 1. The first-order chi connectivity index (χ1) is 16.0. The Morgan fingerprint density at radius 2 is 1.88 bits per heavy atom. The Balaban J connectivity index is 1.39. The molecule has 1 aromatic carbocycles. The number of rotatable bonds is 7. The second-order valence-electron chi connectivity index (χ2n) is 9.50. The molecule has 33 heavy (non-hydrogen) atoms. The Morgan fingerprint density at radius 1 is 1.15 bits per heavy atom. The molecule has 0 unspecified atom stereocenters. The van der Waals surface area contributed by atoms with Gasteiger partial charge in [-0.25, -0.2) is 4.79 Å². The lowest BCUT2D eigenvalue weighted by atomic mass is 9.79. The predicted octanol–water partition coefficient (Wildman–Crippen LogP) is 3.67. The number of nitrogens with zero attached hydrogens (tertiary/aromatic N) is 2. The maximum Gasteiger partial charge on any atom is 0.339 e. The lowest BCUT2D eigenvalue weighted by Crippen LogP contribution is -2.59. The SMILES string of the molecule is CC(C)c1cc(C(=O)OCC(=O)NCC2(N3CCOCC3)CCCCC2)c2ccccc2n1. The van der Waals surface area contributed by atoms with Gasteiger partial charge >= 0.3 is 5.97 Å². The van der Waals surface area contributed by atoms with Crippen molar-refractivity contribution in [2.75, 3.05) is 39.5 Å². The molecular weight excluding hydrogens is 418 g/mol. The number of amides is 1. The van der Waals surface area contributed by atoms with E-state index in [1.807, 2.05) is 38.1 Å². The molecule has 0 spiro atoms. The van der Waals surface area contributed by atoms with Gasteiger partial charge in [0.25, 0.3) is 5.91 Å². The molecule has 7 heteroatoms. The molecule has 4 rings (SSSR count). The molecule has 1 aliphatic heterocycles. The van der Waals surface area contributed by atoms with Gasteiger partial charge in [-0.05, 0) is 30.9 Å². The second kappa shape index (κ2) is 10.6. The summed E-state index contributed by atoms with van der Waals surface area (Å²) in [6, 6.07) is 9.30. The quantitative estimate of drug-likeness (QED) is 0.645. The monoisotopic (exact) mass is 453 g/mol. The molecule has 1 aliphatic carbocycles. The number of ether oxygens (including phenoxy) is 2. The van der Waals surface area contributed by atoms with Crippen LogP contribution in [0.4, 0.5) is 0 Å². The summed E-state index contributed by atoms with van der Waals surface area (Å²) in [6.07, 6.45) is 5.75. The number of fused-ring (bicyclic) bond motifs is 1. The van der Waals surface area contributed by atoms with E-state index in [9.17, 15) is 9.59 Å². The van der Waals surface area contributed by atoms with Crippen molar-refractivity contribution in [3.63, 3.8) is 0 Å². The summed E-state index contributed by atoms with van der Waals surface area (Å²) >= 11 is 0. The fraction of sp³-hybridized carbons (Fsp3) is 0.577. The third-order valence-corrected chi connectivity index (χ3v) is 6.96. The molecule has 1 aromatic heterocycles. The Morgan fingerprint density at radius 3 is 2.61 bits per heavy atom. The summed E-state index contributed by atoms with van der Waals surface area (Å²) in [5, 5.41) is 3.79. The van der Waals surface area contributed by atoms with Gasteiger partial charge < -0.3 is 14.8 Å². The summed E-state index contributed by atoms with van der Waals surface area (Å²) in [4.78, 5) is 32.7. The molecule has 1 saturated carbocycles. The van der Waals surface area contributed by atoms with Crippen LogP contribution < -0.4 is 5.32 Å². The van der Waals surface area contributed by atoms with Crippen molar-refractivity contribution in [2.24, 2.45) is 0 Å². The highest BCUT2D eigenvalue weighted by atomic mass is 16.5. The van der Waals surface area contributed by atoms with Crippen LogP contribution in [0.5, 0.6) is 0 Å². The maximum atomic E-state index is 12.9. The van der Waals surface area contributed by atoms with Crippen molar-refractivity contribution in [1.29, 1.82) is 0 Å². The van der Waals surface area contributed by atoms with Crippen molar-refractivity contribution >= 4 is 22.8 Å². The van der Waals surface area contributed by atoms with Gasteiger partial charge in [0.05, 0.1) is 24.3 Å². The smallest absolute Gasteiger partial charge is 0.339 e. The molecule has 0 radical (unpaired) electrons. The topological polar surface area (TPSA) is 80.8 Å². The van der Waals surface area contributed by atoms with E-state index in [1.165, 1.54) is 19.3 Å². The fourth-order valence-corrected chi connectivity index (χ4v) is 5.04. The van der Waals surface area contributed by atoms with E-state index in [0.717, 1.165) is 55.7 Å². The summed E-state index contributed by atoms with van der Waals surface area (Å²) in [6.45, 7) is 7.66. The number of hydrogen-bond acceptors (Lipinski definition) is 6. The molecule has 178 valence electrons. The number of hydrogen-bond donors (Lipinski definition) is 1. The standard InChI is InChI=1S/C26H35N3O4/c1-19(2)23-16-21(20-8-4-5-9-22(20)28-23)25(31)33-17-24(30)27-18-26(10-6-3-7-11-26)29-12-14-32-15-13-29/h4-5,8-9,16,19H,3,6-7,10-15,17-18H2,1-2H3,(H,27,30). The Kier molecular flexibility index (Phi) is 7.60. The van der Waals surface area contributed by atoms with E-state index < -0.39 is 5.97 Å². The summed E-state index contributed by atoms with van der Waals surface area (Å²) in [5.41, 5.74) is 2.02. The minimum atomic E-state index is -0.494. The number of nitrogens with one attached hydrogen (secondary N) is 1. The fourth-order valence-electron chi connectivity index (χ4n) is 5.04. The van der Waals surface area contributed by atoms with Crippen LogP contribution in [0, 0.1) is 0 Å². The van der Waals surface area contributed by atoms with Crippen LogP contribution in [-0.2, 0) is 14.3 Å². The molecule has 0 atom stereocenters. The Bertz CT molecular complexity index is 979. The van der Waals surface area contributed by atoms with Gasteiger partial charge in [0, 0.05) is 36.3 Å². The van der Waals surface area contributed by atoms with Crippen LogP contribution >= 0.6 is 0 Å². The van der Waals surface area contributed by atoms with Crippen molar-refractivity contribution in [1.82, 2.24) is 15.2 Å². The molecular formula is C26H35N3O4. The number of aromatic nitrogens is 1. The maximum absolute atomic E-state index is 12.9. The Labute approximate surface area is 195 Å². The molecule has 2 fully saturated rings. The Hall–Kier alpha value is -2.51. The minimum Gasteiger partial charge on any atom is -0.452 e. The van der Waals surface area contributed by atoms with Gasteiger partial charge in [0.15, 0.2) is 6.61 Å². The molecule has 2 aromatic rings. The van der Waals surface area contributed by atoms with Crippen LogP contribution in [0.15, 0.2) is 30.3 Å². The summed E-state index contributed by atoms with van der Waals surface area (Å²) in [7, 11) is 0. The van der Waals surface area contributed by atoms with Crippen LogP contribution in [0.1, 0.15) is 67.9 Å². The summed E-state index contributed by atoms with van der Waals surface area (Å²) in [5.74, 6) is -0.577. The molecule has 2 heterocycles. The number of pyridine rings is 1. The lowest BCUT2D eigenvalue weighted by Gasteiger charge is -2.48. The van der Waals surface area contributed by atoms with Gasteiger partial charge in [0.2, 0.25) is 0 Å². The van der Waals surface area contributed by atoms with Gasteiger partial charge in [-0.3, -0.25) is 14.7 Å². The highest BCUT2D eigenvalue weighted by molar-refractivity contribution is 6.04. The summed E-state index contributed by atoms with van der Waals surface area (Å²) < 4.78 is 11.0. The third-order valence-electron chi connectivity index (χ3n) is 6.96. The molecule has 1 amide bonds. The lowest BCUT2D eigenvalue weighted by molar-refractivity contribution is -0.125. The zero-order valence-electron chi connectivity index (χ0n) is 19.8. The highest BCUT2D eigenvalue weighted by Gasteiger charge is 2.38. The van der Waals surface area contributed by atoms with Crippen LogP contribution in [0.25, 0.3) is 10.9 Å². The van der Waals surface area contributed by atoms with Gasteiger partial charge in [0.1, 0.15) is 0 Å². The molecule has 1 N–H and O–H groups in total. The average Bonchev–Trinajstić information content (AvgIpc) is 2.86. The first-order valence-corrected chi connectivity index (χ1v) is 12.1. The van der Waals surface area contributed by atoms with Gasteiger partial charge in [-0.2, -0.15) is 0 Å². The number of morpholine rings is 1. The minimum absolute atomic E-state index is 0.0187. The number of para-hydroxylation sites is 1. The van der Waals surface area contributed by atoms with E-state index in [0.29, 0.717) is 12.1 Å². The number of benzene rings is 1. The van der Waals surface area contributed by atoms with E-state index in [-0.39, 0.29) is 24.0 Å². The van der Waals surface area contributed by atoms with Crippen LogP contribution in [0.2, 0.25) is 0 Å². The van der Waals surface area contributed by atoms with Crippen LogP contribution in [-0.4, -0.2) is 66.8 Å². The van der Waals surface area contributed by atoms with E-state index in [1.54, 1.807) is 6.07 Å². The largest absolute Gasteiger partial charge is 0.452 e. The highest BCUT2D eigenvalue weighted by Crippen LogP contribution is 2.34. The first kappa shape index (κ1) is 23.6. The molecule has 2 aliphatic rings. The van der Waals surface area contributed by atoms with Gasteiger partial charge in [-0.15, -0.1) is 0 Å². The van der Waals surface area contributed by atoms with Crippen molar-refractivity contribution in [3.05, 3.63) is 41.6 Å². The zero-order chi connectivity index (χ0) is 23.3. The molecule has 0 bridgehead atoms. The first-order valence-electron chi connectivity index (χ1n) is 12.1. The average molecular weight is 454 g/mol. The van der Waals surface area contributed by atoms with Gasteiger partial charge in [-0.1, -0.05) is 51.3 Å². The number of carbonyl (C=O) groups excluding carboxylic acids is 2. The molecule has 7 nitrogen and oxygen atoms in total. The van der Waals surface area contributed by atoms with E-state index >= 15 is 0 Å². The van der Waals surface area contributed by atoms with Crippen molar-refractivity contribution < 1.29 is 19.1 Å². The third kappa shape index (κ3) is 5.53. The second-order valence-corrected chi connectivity index (χ2v) is 9.50. The number of carbonyl (C=O) groups is 2. The van der Waals surface area contributed by atoms with E-state index in [2.05, 4.69) is 15.2 Å². The zero-order valence-corrected chi connectivity index (χ0v) is 19.8. The van der Waals surface area contributed by atoms with Crippen molar-refractivity contribution in [2.45, 2.75) is 57.4 Å². The van der Waals surface area contributed by atoms with Crippen LogP contribution in [0.3, 0.4) is 0 Å². The van der Waals surface area contributed by atoms with E-state index in [4.69, 9.17) is 9.47 Å². The predicted molar refractivity (Wildman–Crippen MR) is 127 cm³/mol. The van der Waals surface area contributed by atoms with Crippen molar-refractivity contribution in [3.8, 4) is 0 Å².